The van der Waals surface area contributed by atoms with Crippen LogP contribution >= 0.6 is 11.6 Å². The Bertz CT molecular complexity index is 1040. The molecule has 1 N–H and O–H groups in total. The molecule has 34 heavy (non-hydrogen) atoms. The zero-order chi connectivity index (χ0) is 24.3. The van der Waals surface area contributed by atoms with Crippen LogP contribution in [0.25, 0.3) is 0 Å². The van der Waals surface area contributed by atoms with Gasteiger partial charge in [0.15, 0.2) is 6.61 Å². The van der Waals surface area contributed by atoms with Gasteiger partial charge in [-0.05, 0) is 41.3 Å². The average molecular weight is 479 g/mol. The lowest BCUT2D eigenvalue weighted by atomic mass is 10.0. The molecule has 1 atom stereocenters. The summed E-state index contributed by atoms with van der Waals surface area (Å²) in [4.78, 5) is 28.4. The molecular formula is C28H31ClN2O3. The predicted octanol–water partition coefficient (Wildman–Crippen LogP) is 5.13. The number of carbonyl (C=O) groups excluding carboxylic acids is 2. The van der Waals surface area contributed by atoms with Crippen LogP contribution in [0.15, 0.2) is 84.9 Å². The van der Waals surface area contributed by atoms with Crippen LogP contribution in [0, 0.1) is 5.92 Å². The third-order valence-electron chi connectivity index (χ3n) is 5.33. The standard InChI is InChI=1S/C28H31ClN2O3/c1-21(2)18-30-28(33)26(17-22-9-5-3-6-10-22)31(19-23-13-15-24(29)16-14-23)27(32)20-34-25-11-7-4-8-12-25/h3-16,21,26H,17-20H2,1-2H3,(H,30,33)/t26-/m1/s1. The van der Waals surface area contributed by atoms with Crippen molar-refractivity contribution in [2.45, 2.75) is 32.9 Å². The van der Waals surface area contributed by atoms with E-state index in [1.54, 1.807) is 29.2 Å². The number of para-hydroxylation sites is 1. The van der Waals surface area contributed by atoms with Crippen molar-refractivity contribution in [1.82, 2.24) is 10.2 Å². The molecular weight excluding hydrogens is 448 g/mol. The SMILES string of the molecule is CC(C)CNC(=O)[C@@H](Cc1ccccc1)N(Cc1ccc(Cl)cc1)C(=O)COc1ccccc1. The molecule has 178 valence electrons. The van der Waals surface area contributed by atoms with Crippen molar-refractivity contribution in [3.63, 3.8) is 0 Å². The Morgan fingerprint density at radius 3 is 2.12 bits per heavy atom. The summed E-state index contributed by atoms with van der Waals surface area (Å²) in [7, 11) is 0. The number of benzene rings is 3. The van der Waals surface area contributed by atoms with Gasteiger partial charge in [0.05, 0.1) is 0 Å². The van der Waals surface area contributed by atoms with E-state index >= 15 is 0 Å². The van der Waals surface area contributed by atoms with Crippen molar-refractivity contribution in [3.05, 3.63) is 101 Å². The molecule has 0 aliphatic rings. The molecule has 0 unspecified atom stereocenters. The number of halogens is 1. The molecule has 0 bridgehead atoms. The van der Waals surface area contributed by atoms with Crippen LogP contribution in [0.1, 0.15) is 25.0 Å². The molecule has 0 radical (unpaired) electrons. The summed E-state index contributed by atoms with van der Waals surface area (Å²) < 4.78 is 5.74. The summed E-state index contributed by atoms with van der Waals surface area (Å²) in [5, 5.41) is 3.63. The van der Waals surface area contributed by atoms with Crippen LogP contribution in [0.5, 0.6) is 5.75 Å². The van der Waals surface area contributed by atoms with Crippen molar-refractivity contribution in [2.24, 2.45) is 5.92 Å². The van der Waals surface area contributed by atoms with E-state index in [0.717, 1.165) is 11.1 Å². The number of hydrogen-bond donors (Lipinski definition) is 1. The topological polar surface area (TPSA) is 58.6 Å². The van der Waals surface area contributed by atoms with E-state index in [-0.39, 0.29) is 25.0 Å². The van der Waals surface area contributed by atoms with E-state index in [4.69, 9.17) is 16.3 Å². The van der Waals surface area contributed by atoms with Crippen molar-refractivity contribution in [1.29, 1.82) is 0 Å². The Kier molecular flexibility index (Phi) is 9.53. The van der Waals surface area contributed by atoms with Crippen LogP contribution in [-0.4, -0.2) is 35.9 Å². The molecule has 2 amide bonds. The van der Waals surface area contributed by atoms with E-state index < -0.39 is 6.04 Å². The van der Waals surface area contributed by atoms with Gasteiger partial charge in [0, 0.05) is 24.5 Å². The normalized spacial score (nSPS) is 11.6. The molecule has 0 fully saturated rings. The first-order valence-corrected chi connectivity index (χ1v) is 11.8. The van der Waals surface area contributed by atoms with Crippen molar-refractivity contribution < 1.29 is 14.3 Å². The second-order valence-corrected chi connectivity index (χ2v) is 9.03. The molecule has 0 saturated carbocycles. The van der Waals surface area contributed by atoms with Crippen molar-refractivity contribution in [3.8, 4) is 5.75 Å². The summed E-state index contributed by atoms with van der Waals surface area (Å²) in [6, 6.07) is 25.5. The van der Waals surface area contributed by atoms with Gasteiger partial charge in [0.1, 0.15) is 11.8 Å². The Morgan fingerprint density at radius 1 is 0.882 bits per heavy atom. The van der Waals surface area contributed by atoms with Crippen LogP contribution in [0.2, 0.25) is 5.02 Å². The van der Waals surface area contributed by atoms with Gasteiger partial charge in [-0.2, -0.15) is 0 Å². The fourth-order valence-electron chi connectivity index (χ4n) is 3.51. The van der Waals surface area contributed by atoms with E-state index in [1.807, 2.05) is 74.5 Å². The fourth-order valence-corrected chi connectivity index (χ4v) is 3.63. The lowest BCUT2D eigenvalue weighted by Crippen LogP contribution is -2.52. The Hall–Kier alpha value is -3.31. The second kappa shape index (κ2) is 12.8. The van der Waals surface area contributed by atoms with E-state index in [2.05, 4.69) is 5.32 Å². The monoisotopic (exact) mass is 478 g/mol. The van der Waals surface area contributed by atoms with Crippen LogP contribution in [0.3, 0.4) is 0 Å². The van der Waals surface area contributed by atoms with Gasteiger partial charge < -0.3 is 15.0 Å². The zero-order valence-corrected chi connectivity index (χ0v) is 20.4. The summed E-state index contributed by atoms with van der Waals surface area (Å²) in [6.07, 6.45) is 0.398. The molecule has 3 aromatic rings. The summed E-state index contributed by atoms with van der Waals surface area (Å²) in [5.74, 6) is 0.452. The minimum Gasteiger partial charge on any atom is -0.484 e. The lowest BCUT2D eigenvalue weighted by Gasteiger charge is -2.31. The first-order chi connectivity index (χ1) is 16.4. The van der Waals surface area contributed by atoms with Gasteiger partial charge in [0.2, 0.25) is 5.91 Å². The summed E-state index contributed by atoms with van der Waals surface area (Å²) in [6.45, 7) is 4.71. The Balaban J connectivity index is 1.88. The van der Waals surface area contributed by atoms with Crippen LogP contribution in [0.4, 0.5) is 0 Å². The van der Waals surface area contributed by atoms with E-state index in [1.165, 1.54) is 0 Å². The Labute approximate surface area is 206 Å². The number of rotatable bonds is 11. The molecule has 0 aromatic heterocycles. The summed E-state index contributed by atoms with van der Waals surface area (Å²) >= 11 is 6.05. The highest BCUT2D eigenvalue weighted by Gasteiger charge is 2.30. The van der Waals surface area contributed by atoms with E-state index in [9.17, 15) is 9.59 Å². The van der Waals surface area contributed by atoms with Gasteiger partial charge in [-0.15, -0.1) is 0 Å². The minimum absolute atomic E-state index is 0.166. The third kappa shape index (κ3) is 7.92. The van der Waals surface area contributed by atoms with E-state index in [0.29, 0.717) is 29.7 Å². The highest BCUT2D eigenvalue weighted by atomic mass is 35.5. The average Bonchev–Trinajstić information content (AvgIpc) is 2.85. The van der Waals surface area contributed by atoms with Crippen LogP contribution in [-0.2, 0) is 22.6 Å². The third-order valence-corrected chi connectivity index (χ3v) is 5.58. The van der Waals surface area contributed by atoms with Crippen molar-refractivity contribution >= 4 is 23.4 Å². The number of carbonyl (C=O) groups is 2. The lowest BCUT2D eigenvalue weighted by molar-refractivity contribution is -0.142. The highest BCUT2D eigenvalue weighted by molar-refractivity contribution is 6.30. The molecule has 5 nitrogen and oxygen atoms in total. The Morgan fingerprint density at radius 2 is 1.50 bits per heavy atom. The molecule has 0 spiro atoms. The number of hydrogen-bond acceptors (Lipinski definition) is 3. The molecule has 3 aromatic carbocycles. The van der Waals surface area contributed by atoms with Gasteiger partial charge in [-0.25, -0.2) is 0 Å². The molecule has 0 aliphatic carbocycles. The number of nitrogens with zero attached hydrogens (tertiary/aromatic N) is 1. The van der Waals surface area contributed by atoms with Gasteiger partial charge in [-0.3, -0.25) is 9.59 Å². The number of amides is 2. The van der Waals surface area contributed by atoms with Gasteiger partial charge in [-0.1, -0.05) is 86.1 Å². The first-order valence-electron chi connectivity index (χ1n) is 11.5. The largest absolute Gasteiger partial charge is 0.484 e. The quantitative estimate of drug-likeness (QED) is 0.415. The van der Waals surface area contributed by atoms with Crippen molar-refractivity contribution in [2.75, 3.05) is 13.2 Å². The van der Waals surface area contributed by atoms with Gasteiger partial charge >= 0.3 is 0 Å². The molecule has 0 saturated heterocycles. The second-order valence-electron chi connectivity index (χ2n) is 8.59. The van der Waals surface area contributed by atoms with Crippen LogP contribution < -0.4 is 10.1 Å². The molecule has 0 heterocycles. The zero-order valence-electron chi connectivity index (χ0n) is 19.6. The fraction of sp³-hybridized carbons (Fsp3) is 0.286. The first kappa shape index (κ1) is 25.3. The van der Waals surface area contributed by atoms with Gasteiger partial charge in [0.25, 0.3) is 5.91 Å². The summed E-state index contributed by atoms with van der Waals surface area (Å²) in [5.41, 5.74) is 1.86. The molecule has 6 heteroatoms. The molecule has 3 rings (SSSR count). The maximum atomic E-state index is 13.5. The number of nitrogens with one attached hydrogen (secondary N) is 1. The maximum absolute atomic E-state index is 13.5. The number of ether oxygens (including phenoxy) is 1. The smallest absolute Gasteiger partial charge is 0.261 e. The molecule has 0 aliphatic heterocycles. The maximum Gasteiger partial charge on any atom is 0.261 e. The predicted molar refractivity (Wildman–Crippen MR) is 136 cm³/mol. The minimum atomic E-state index is -0.691. The highest BCUT2D eigenvalue weighted by Crippen LogP contribution is 2.18.